The highest BCUT2D eigenvalue weighted by atomic mass is 19.4. The lowest BCUT2D eigenvalue weighted by Crippen LogP contribution is -2.46. The average Bonchev–Trinajstić information content (AvgIpc) is 2.67. The predicted octanol–water partition coefficient (Wildman–Crippen LogP) is 0.182. The summed E-state index contributed by atoms with van der Waals surface area (Å²) in [5.41, 5.74) is -0.379. The van der Waals surface area contributed by atoms with Gasteiger partial charge in [0.05, 0.1) is 11.9 Å². The number of hydrogen-bond donors (Lipinski definition) is 4. The molecule has 1 aromatic heterocycles. The lowest BCUT2D eigenvalue weighted by Gasteiger charge is -2.44. The van der Waals surface area contributed by atoms with Crippen LogP contribution in [0, 0.1) is 5.92 Å². The van der Waals surface area contributed by atoms with Gasteiger partial charge in [0.25, 0.3) is 0 Å². The molecule has 28 heavy (non-hydrogen) atoms. The highest BCUT2D eigenvalue weighted by molar-refractivity contribution is 5.83. The SMILES string of the molecule is FC(F)(F)c1cncc([C@H]2CN3CCC2CC3)n1.O=C(O)[C@@H](O)[C@H](O)C(=O)O. The minimum Gasteiger partial charge on any atom is -0.479 e. The first kappa shape index (κ1) is 22.0. The number of aliphatic hydroxyl groups excluding tert-OH is 2. The van der Waals surface area contributed by atoms with Crippen molar-refractivity contribution in [3.63, 3.8) is 0 Å². The molecular weight excluding hydrogens is 387 g/mol. The van der Waals surface area contributed by atoms with Crippen LogP contribution in [-0.2, 0) is 15.8 Å². The first-order valence-corrected chi connectivity index (χ1v) is 8.44. The number of halogens is 3. The van der Waals surface area contributed by atoms with Gasteiger partial charge in [-0.15, -0.1) is 0 Å². The Hall–Kier alpha value is -2.31. The van der Waals surface area contributed by atoms with E-state index in [0.717, 1.165) is 38.7 Å². The third-order valence-electron chi connectivity index (χ3n) is 4.78. The van der Waals surface area contributed by atoms with Crippen molar-refractivity contribution in [1.82, 2.24) is 14.9 Å². The molecule has 0 unspecified atom stereocenters. The number of aliphatic hydroxyl groups is 2. The molecule has 9 nitrogen and oxygen atoms in total. The quantitative estimate of drug-likeness (QED) is 0.549. The van der Waals surface area contributed by atoms with Crippen LogP contribution in [0.15, 0.2) is 12.4 Å². The highest BCUT2D eigenvalue weighted by Crippen LogP contribution is 2.38. The number of nitrogens with zero attached hydrogens (tertiary/aromatic N) is 3. The Kier molecular flexibility index (Phi) is 6.91. The smallest absolute Gasteiger partial charge is 0.434 e. The number of carboxylic acids is 2. The van der Waals surface area contributed by atoms with Crippen molar-refractivity contribution < 1.29 is 43.2 Å². The number of fused-ring (bicyclic) bond motifs is 3. The third-order valence-corrected chi connectivity index (χ3v) is 4.78. The number of alkyl halides is 3. The van der Waals surface area contributed by atoms with Crippen molar-refractivity contribution in [2.75, 3.05) is 19.6 Å². The number of rotatable bonds is 4. The molecule has 4 heterocycles. The Morgan fingerprint density at radius 1 is 1.07 bits per heavy atom. The summed E-state index contributed by atoms with van der Waals surface area (Å²) in [6, 6.07) is 0. The van der Waals surface area contributed by atoms with Gasteiger partial charge < -0.3 is 25.3 Å². The Balaban J connectivity index is 0.000000242. The van der Waals surface area contributed by atoms with Crippen molar-refractivity contribution in [2.24, 2.45) is 5.92 Å². The number of carboxylic acid groups (broad SMARTS) is 2. The molecule has 3 atom stereocenters. The minimum atomic E-state index is -4.41. The minimum absolute atomic E-state index is 0.113. The van der Waals surface area contributed by atoms with Crippen LogP contribution in [0.5, 0.6) is 0 Å². The van der Waals surface area contributed by atoms with E-state index >= 15 is 0 Å². The summed E-state index contributed by atoms with van der Waals surface area (Å²) >= 11 is 0. The molecule has 12 heteroatoms. The van der Waals surface area contributed by atoms with Gasteiger partial charge in [-0.1, -0.05) is 0 Å². The molecule has 3 saturated heterocycles. The standard InChI is InChI=1S/C12H14F3N3.C4H6O6/c13-12(14,15)11-6-16-5-10(17-11)9-7-18-3-1-8(9)2-4-18;5-1(3(7)8)2(6)4(9)10/h5-6,8-9H,1-4,7H2;1-2,5-6H,(H,7,8)(H,9,10)/t9-;1-,2-/m00/s1. The van der Waals surface area contributed by atoms with E-state index < -0.39 is 36.0 Å². The lowest BCUT2D eigenvalue weighted by atomic mass is 9.77. The summed E-state index contributed by atoms with van der Waals surface area (Å²) in [5, 5.41) is 32.5. The largest absolute Gasteiger partial charge is 0.479 e. The summed E-state index contributed by atoms with van der Waals surface area (Å²) in [5.74, 6) is -2.96. The third kappa shape index (κ3) is 5.36. The van der Waals surface area contributed by atoms with E-state index in [1.807, 2.05) is 0 Å². The second-order valence-corrected chi connectivity index (χ2v) is 6.64. The maximum Gasteiger partial charge on any atom is 0.434 e. The van der Waals surface area contributed by atoms with Crippen molar-refractivity contribution in [1.29, 1.82) is 0 Å². The Morgan fingerprint density at radius 2 is 1.61 bits per heavy atom. The summed E-state index contributed by atoms with van der Waals surface area (Å²) in [4.78, 5) is 29.3. The van der Waals surface area contributed by atoms with Crippen LogP contribution in [0.3, 0.4) is 0 Å². The van der Waals surface area contributed by atoms with E-state index in [1.54, 1.807) is 0 Å². The van der Waals surface area contributed by atoms with Crippen LogP contribution in [0.1, 0.15) is 30.1 Å². The van der Waals surface area contributed by atoms with Gasteiger partial charge in [0.2, 0.25) is 0 Å². The van der Waals surface area contributed by atoms with Gasteiger partial charge in [0, 0.05) is 18.7 Å². The number of carbonyl (C=O) groups is 2. The predicted molar refractivity (Wildman–Crippen MR) is 86.2 cm³/mol. The fourth-order valence-electron chi connectivity index (χ4n) is 3.27. The van der Waals surface area contributed by atoms with Crippen LogP contribution >= 0.6 is 0 Å². The monoisotopic (exact) mass is 407 g/mol. The maximum atomic E-state index is 12.6. The second kappa shape index (κ2) is 8.80. The van der Waals surface area contributed by atoms with Crippen LogP contribution in [0.25, 0.3) is 0 Å². The molecule has 156 valence electrons. The topological polar surface area (TPSA) is 144 Å². The molecule has 3 aliphatic heterocycles. The van der Waals surface area contributed by atoms with E-state index in [9.17, 15) is 22.8 Å². The van der Waals surface area contributed by atoms with E-state index in [1.165, 1.54) is 6.20 Å². The van der Waals surface area contributed by atoms with E-state index in [4.69, 9.17) is 20.4 Å². The zero-order chi connectivity index (χ0) is 21.1. The number of aliphatic carboxylic acids is 2. The molecule has 4 rings (SSSR count). The first-order valence-electron chi connectivity index (χ1n) is 8.44. The van der Waals surface area contributed by atoms with Crippen molar-refractivity contribution in [2.45, 2.75) is 37.1 Å². The number of piperidine rings is 3. The summed E-state index contributed by atoms with van der Waals surface area (Å²) in [6.07, 6.45) is -4.54. The van der Waals surface area contributed by atoms with Gasteiger partial charge in [0.1, 0.15) is 0 Å². The van der Waals surface area contributed by atoms with Crippen LogP contribution in [-0.4, -0.2) is 79.1 Å². The summed E-state index contributed by atoms with van der Waals surface area (Å²) in [6.45, 7) is 2.95. The molecule has 4 N–H and O–H groups in total. The van der Waals surface area contributed by atoms with E-state index in [-0.39, 0.29) is 5.92 Å². The van der Waals surface area contributed by atoms with Crippen LogP contribution in [0.4, 0.5) is 13.2 Å². The van der Waals surface area contributed by atoms with Crippen molar-refractivity contribution >= 4 is 11.9 Å². The highest BCUT2D eigenvalue weighted by Gasteiger charge is 2.38. The Labute approximate surface area is 157 Å². The van der Waals surface area contributed by atoms with E-state index in [0.29, 0.717) is 11.6 Å². The molecular formula is C16H20F3N3O6. The van der Waals surface area contributed by atoms with Gasteiger partial charge in [-0.3, -0.25) is 4.98 Å². The molecule has 0 saturated carbocycles. The van der Waals surface area contributed by atoms with Crippen molar-refractivity contribution in [3.8, 4) is 0 Å². The molecule has 0 spiro atoms. The first-order chi connectivity index (χ1) is 13.0. The van der Waals surface area contributed by atoms with E-state index in [2.05, 4.69) is 14.9 Å². The molecule has 1 aromatic rings. The molecule has 2 bridgehead atoms. The molecule has 0 radical (unpaired) electrons. The average molecular weight is 407 g/mol. The van der Waals surface area contributed by atoms with Crippen molar-refractivity contribution in [3.05, 3.63) is 23.8 Å². The summed E-state index contributed by atoms with van der Waals surface area (Å²) < 4.78 is 37.8. The fraction of sp³-hybridized carbons (Fsp3) is 0.625. The molecule has 0 aliphatic carbocycles. The zero-order valence-electron chi connectivity index (χ0n) is 14.6. The van der Waals surface area contributed by atoms with Gasteiger partial charge >= 0.3 is 18.1 Å². The van der Waals surface area contributed by atoms with Gasteiger partial charge in [-0.05, 0) is 31.8 Å². The van der Waals surface area contributed by atoms with Crippen LogP contribution in [0.2, 0.25) is 0 Å². The zero-order valence-corrected chi connectivity index (χ0v) is 14.6. The molecule has 0 amide bonds. The molecule has 0 aromatic carbocycles. The molecule has 3 fully saturated rings. The Morgan fingerprint density at radius 3 is 2.00 bits per heavy atom. The second-order valence-electron chi connectivity index (χ2n) is 6.64. The Bertz CT molecular complexity index is 691. The molecule has 3 aliphatic rings. The van der Waals surface area contributed by atoms with Gasteiger partial charge in [0.15, 0.2) is 17.9 Å². The van der Waals surface area contributed by atoms with Crippen LogP contribution < -0.4 is 0 Å². The fourth-order valence-corrected chi connectivity index (χ4v) is 3.27. The maximum absolute atomic E-state index is 12.6. The normalized spacial score (nSPS) is 26.0. The van der Waals surface area contributed by atoms with Gasteiger partial charge in [-0.25, -0.2) is 14.6 Å². The lowest BCUT2D eigenvalue weighted by molar-refractivity contribution is -0.165. The number of hydrogen-bond acceptors (Lipinski definition) is 7. The van der Waals surface area contributed by atoms with Gasteiger partial charge in [-0.2, -0.15) is 13.2 Å². The number of aromatic nitrogens is 2. The summed E-state index contributed by atoms with van der Waals surface area (Å²) in [7, 11) is 0.